The molecule has 5 aromatic rings. The van der Waals surface area contributed by atoms with E-state index in [4.69, 9.17) is 15.5 Å². The predicted octanol–water partition coefficient (Wildman–Crippen LogP) is 4.20. The summed E-state index contributed by atoms with van der Waals surface area (Å²) in [5.41, 5.74) is 9.75. The van der Waals surface area contributed by atoms with Crippen LogP contribution in [0, 0.1) is 17.7 Å². The Morgan fingerprint density at radius 3 is 2.75 bits per heavy atom. The van der Waals surface area contributed by atoms with E-state index in [-0.39, 0.29) is 17.9 Å². The minimum absolute atomic E-state index is 0.196. The third-order valence-corrected chi connectivity index (χ3v) is 7.48. The lowest BCUT2D eigenvalue weighted by Crippen LogP contribution is -2.26. The number of aromatic amines is 1. The SMILES string of the molecule is CNc1cc(F)cc2c1[nH]c1nc(Oc3cnc4cccnc4c3)nc(N3CC4CC(N)C[C@H]4C3)c12. The quantitative estimate of drug-likeness (QED) is 0.347. The molecule has 0 radical (unpaired) electrons. The number of nitrogens with one attached hydrogen (secondary N) is 2. The maximum absolute atomic E-state index is 14.6. The zero-order chi connectivity index (χ0) is 24.4. The summed E-state index contributed by atoms with van der Waals surface area (Å²) in [6.45, 7) is 1.71. The Morgan fingerprint density at radius 2 is 1.94 bits per heavy atom. The van der Waals surface area contributed by atoms with Crippen molar-refractivity contribution in [1.82, 2.24) is 24.9 Å². The molecule has 1 saturated carbocycles. The molecule has 1 aliphatic carbocycles. The number of nitrogens with two attached hydrogens (primary N) is 1. The van der Waals surface area contributed by atoms with Crippen LogP contribution in [0.2, 0.25) is 0 Å². The summed E-state index contributed by atoms with van der Waals surface area (Å²) in [6.07, 6.45) is 5.38. The number of benzene rings is 1. The molecule has 4 aromatic heterocycles. The van der Waals surface area contributed by atoms with Gasteiger partial charge in [-0.3, -0.25) is 9.97 Å². The van der Waals surface area contributed by atoms with E-state index >= 15 is 0 Å². The lowest BCUT2D eigenvalue weighted by atomic mass is 10.0. The van der Waals surface area contributed by atoms with Crippen LogP contribution in [-0.4, -0.2) is 51.1 Å². The van der Waals surface area contributed by atoms with Crippen molar-refractivity contribution in [3.05, 3.63) is 48.5 Å². The van der Waals surface area contributed by atoms with Gasteiger partial charge in [0.1, 0.15) is 17.3 Å². The maximum atomic E-state index is 14.6. The number of fused-ring (bicyclic) bond motifs is 5. The molecule has 2 aliphatic rings. The number of H-pyrrole nitrogens is 1. The van der Waals surface area contributed by atoms with Gasteiger partial charge in [0, 0.05) is 43.8 Å². The van der Waals surface area contributed by atoms with E-state index in [1.807, 2.05) is 18.2 Å². The molecule has 0 spiro atoms. The van der Waals surface area contributed by atoms with Crippen LogP contribution in [-0.2, 0) is 0 Å². The largest absolute Gasteiger partial charge is 0.422 e. The summed E-state index contributed by atoms with van der Waals surface area (Å²) >= 11 is 0. The summed E-state index contributed by atoms with van der Waals surface area (Å²) in [7, 11) is 1.77. The van der Waals surface area contributed by atoms with Gasteiger partial charge in [-0.05, 0) is 48.9 Å². The molecule has 0 amide bonds. The summed E-state index contributed by atoms with van der Waals surface area (Å²) < 4.78 is 20.7. The van der Waals surface area contributed by atoms with Crippen LogP contribution in [0.5, 0.6) is 11.8 Å². The van der Waals surface area contributed by atoms with Crippen molar-refractivity contribution >= 4 is 44.5 Å². The van der Waals surface area contributed by atoms with Crippen molar-refractivity contribution in [1.29, 1.82) is 0 Å². The number of halogens is 1. The van der Waals surface area contributed by atoms with E-state index in [0.717, 1.165) is 59.1 Å². The second kappa shape index (κ2) is 7.99. The van der Waals surface area contributed by atoms with Gasteiger partial charge >= 0.3 is 6.01 Å². The molecule has 1 aromatic carbocycles. The van der Waals surface area contributed by atoms with Gasteiger partial charge in [-0.25, -0.2) is 4.39 Å². The lowest BCUT2D eigenvalue weighted by Gasteiger charge is -2.21. The van der Waals surface area contributed by atoms with Crippen LogP contribution >= 0.6 is 0 Å². The highest BCUT2D eigenvalue weighted by Crippen LogP contribution is 2.43. The van der Waals surface area contributed by atoms with Gasteiger partial charge in [-0.15, -0.1) is 0 Å². The molecular weight excluding hydrogens is 459 g/mol. The van der Waals surface area contributed by atoms with Gasteiger partial charge < -0.3 is 25.7 Å². The van der Waals surface area contributed by atoms with E-state index < -0.39 is 0 Å². The molecule has 2 unspecified atom stereocenters. The first-order valence-electron chi connectivity index (χ1n) is 12.2. The molecule has 5 heterocycles. The maximum Gasteiger partial charge on any atom is 0.326 e. The van der Waals surface area contributed by atoms with E-state index in [1.165, 1.54) is 12.1 Å². The monoisotopic (exact) mass is 484 g/mol. The standard InChI is InChI=1S/C26H25FN8O/c1-29-21-8-15(27)7-18-22-24(32-23(18)21)33-26(36-17-9-20-19(31-10-17)3-2-4-30-20)34-25(22)35-11-13-5-16(28)6-14(13)12-35/h2-4,7-10,13-14,16,29H,5-6,11-12,28H2,1H3,(H,32,33,34)/t13-,14?,16?/m0/s1. The molecule has 3 atom stereocenters. The van der Waals surface area contributed by atoms with Gasteiger partial charge in [0.25, 0.3) is 0 Å². The van der Waals surface area contributed by atoms with Crippen LogP contribution in [0.1, 0.15) is 12.8 Å². The molecule has 10 heteroatoms. The number of nitrogens with zero attached hydrogens (tertiary/aromatic N) is 5. The third-order valence-electron chi connectivity index (χ3n) is 7.48. The molecule has 182 valence electrons. The second-order valence-corrected chi connectivity index (χ2v) is 9.78. The van der Waals surface area contributed by atoms with E-state index in [2.05, 4.69) is 30.2 Å². The molecule has 2 fully saturated rings. The minimum Gasteiger partial charge on any atom is -0.422 e. The number of rotatable bonds is 4. The first-order chi connectivity index (χ1) is 17.6. The topological polar surface area (TPSA) is 118 Å². The second-order valence-electron chi connectivity index (χ2n) is 9.78. The molecule has 4 N–H and O–H groups in total. The molecule has 1 aliphatic heterocycles. The fourth-order valence-electron chi connectivity index (χ4n) is 5.91. The molecule has 9 nitrogen and oxygen atoms in total. The van der Waals surface area contributed by atoms with Crippen LogP contribution < -0.4 is 20.7 Å². The number of anilines is 2. The van der Waals surface area contributed by atoms with Crippen LogP contribution in [0.25, 0.3) is 33.0 Å². The van der Waals surface area contributed by atoms with Crippen molar-refractivity contribution in [2.45, 2.75) is 18.9 Å². The number of ether oxygens (including phenoxy) is 1. The molecular formula is C26H25FN8O. The Hall–Kier alpha value is -4.05. The Balaban J connectivity index is 1.37. The van der Waals surface area contributed by atoms with Gasteiger partial charge in [0.2, 0.25) is 0 Å². The number of aromatic nitrogens is 5. The van der Waals surface area contributed by atoms with Gasteiger partial charge in [0.15, 0.2) is 5.75 Å². The van der Waals surface area contributed by atoms with Crippen LogP contribution in [0.3, 0.4) is 0 Å². The Kier molecular flexibility index (Phi) is 4.72. The van der Waals surface area contributed by atoms with E-state index in [0.29, 0.717) is 28.9 Å². The fraction of sp³-hybridized carbons (Fsp3) is 0.308. The Labute approximate surface area is 205 Å². The first kappa shape index (κ1) is 21.3. The lowest BCUT2D eigenvalue weighted by molar-refractivity contribution is 0.442. The average molecular weight is 485 g/mol. The van der Waals surface area contributed by atoms with Crippen molar-refractivity contribution in [3.63, 3.8) is 0 Å². The highest BCUT2D eigenvalue weighted by Gasteiger charge is 2.41. The molecule has 1 saturated heterocycles. The van der Waals surface area contributed by atoms with Gasteiger partial charge in [-0.2, -0.15) is 9.97 Å². The summed E-state index contributed by atoms with van der Waals surface area (Å²) in [5, 5.41) is 4.60. The minimum atomic E-state index is -0.321. The highest BCUT2D eigenvalue weighted by molar-refractivity contribution is 6.14. The van der Waals surface area contributed by atoms with Crippen LogP contribution in [0.15, 0.2) is 42.7 Å². The Morgan fingerprint density at radius 1 is 1.11 bits per heavy atom. The third kappa shape index (κ3) is 3.40. The highest BCUT2D eigenvalue weighted by atomic mass is 19.1. The summed E-state index contributed by atoms with van der Waals surface area (Å²) in [6, 6.07) is 9.02. The fourth-order valence-corrected chi connectivity index (χ4v) is 5.91. The Bertz CT molecular complexity index is 1620. The van der Waals surface area contributed by atoms with E-state index in [1.54, 1.807) is 19.4 Å². The van der Waals surface area contributed by atoms with Crippen LogP contribution in [0.4, 0.5) is 15.9 Å². The first-order valence-corrected chi connectivity index (χ1v) is 12.2. The van der Waals surface area contributed by atoms with Crippen molar-refractivity contribution in [3.8, 4) is 11.8 Å². The molecule has 36 heavy (non-hydrogen) atoms. The molecule has 7 rings (SSSR count). The van der Waals surface area contributed by atoms with Crippen molar-refractivity contribution in [2.24, 2.45) is 17.6 Å². The summed E-state index contributed by atoms with van der Waals surface area (Å²) in [5.74, 6) is 1.97. The van der Waals surface area contributed by atoms with Gasteiger partial charge in [-0.1, -0.05) is 0 Å². The number of hydrogen-bond donors (Lipinski definition) is 3. The average Bonchev–Trinajstić information content (AvgIpc) is 3.53. The smallest absolute Gasteiger partial charge is 0.326 e. The van der Waals surface area contributed by atoms with E-state index in [9.17, 15) is 4.39 Å². The number of pyridine rings is 2. The normalized spacial score (nSPS) is 21.5. The summed E-state index contributed by atoms with van der Waals surface area (Å²) in [4.78, 5) is 24.0. The van der Waals surface area contributed by atoms with Crippen molar-refractivity contribution < 1.29 is 9.13 Å². The number of hydrogen-bond acceptors (Lipinski definition) is 8. The zero-order valence-corrected chi connectivity index (χ0v) is 19.7. The zero-order valence-electron chi connectivity index (χ0n) is 19.7. The van der Waals surface area contributed by atoms with Crippen molar-refractivity contribution in [2.75, 3.05) is 30.4 Å². The van der Waals surface area contributed by atoms with Gasteiger partial charge in [0.05, 0.1) is 33.8 Å². The molecule has 0 bridgehead atoms. The predicted molar refractivity (Wildman–Crippen MR) is 137 cm³/mol.